The molecule has 3 heteroatoms. The second-order valence-electron chi connectivity index (χ2n) is 4.14. The van der Waals surface area contributed by atoms with E-state index in [1.807, 2.05) is 7.05 Å². The smallest absolute Gasteiger partial charge is 0.0852 e. The summed E-state index contributed by atoms with van der Waals surface area (Å²) in [5, 5.41) is 6.70. The Bertz CT molecular complexity index is 133. The van der Waals surface area contributed by atoms with Gasteiger partial charge in [-0.25, -0.2) is 0 Å². The highest BCUT2D eigenvalue weighted by atomic mass is 16.5. The predicted molar refractivity (Wildman–Crippen MR) is 54.9 cm³/mol. The van der Waals surface area contributed by atoms with Gasteiger partial charge >= 0.3 is 0 Å². The minimum absolute atomic E-state index is 0.348. The minimum atomic E-state index is 0.348. The summed E-state index contributed by atoms with van der Waals surface area (Å²) in [7, 11) is 2.02. The second kappa shape index (κ2) is 5.58. The van der Waals surface area contributed by atoms with E-state index in [9.17, 15) is 0 Å². The van der Waals surface area contributed by atoms with Crippen LogP contribution in [0.5, 0.6) is 0 Å². The molecule has 0 saturated carbocycles. The summed E-state index contributed by atoms with van der Waals surface area (Å²) in [5.74, 6) is 0.725. The third kappa shape index (κ3) is 3.63. The Morgan fingerprint density at radius 1 is 1.54 bits per heavy atom. The van der Waals surface area contributed by atoms with E-state index >= 15 is 0 Å². The highest BCUT2D eigenvalue weighted by molar-refractivity contribution is 4.81. The van der Waals surface area contributed by atoms with Gasteiger partial charge in [-0.3, -0.25) is 0 Å². The molecule has 0 aliphatic carbocycles. The van der Waals surface area contributed by atoms with Crippen LogP contribution in [0.2, 0.25) is 0 Å². The molecule has 2 atom stereocenters. The lowest BCUT2D eigenvalue weighted by Crippen LogP contribution is -2.50. The van der Waals surface area contributed by atoms with Crippen molar-refractivity contribution in [2.75, 3.05) is 26.7 Å². The molecule has 0 spiro atoms. The zero-order valence-corrected chi connectivity index (χ0v) is 8.97. The molecule has 3 nitrogen and oxygen atoms in total. The fraction of sp³-hybridized carbons (Fsp3) is 1.00. The molecule has 0 bridgehead atoms. The van der Waals surface area contributed by atoms with Crippen molar-refractivity contribution in [2.45, 2.75) is 32.4 Å². The molecule has 1 rings (SSSR count). The second-order valence-corrected chi connectivity index (χ2v) is 4.14. The number of nitrogens with one attached hydrogen (secondary N) is 2. The maximum absolute atomic E-state index is 5.71. The lowest BCUT2D eigenvalue weighted by molar-refractivity contribution is 0.00162. The van der Waals surface area contributed by atoms with E-state index in [2.05, 4.69) is 24.5 Å². The summed E-state index contributed by atoms with van der Waals surface area (Å²) in [6.45, 7) is 7.33. The molecule has 0 aromatic carbocycles. The van der Waals surface area contributed by atoms with E-state index in [0.717, 1.165) is 25.6 Å². The number of likely N-dealkylation sites (N-methyl/N-ethyl adjacent to an activating group) is 1. The van der Waals surface area contributed by atoms with Gasteiger partial charge in [0.25, 0.3) is 0 Å². The van der Waals surface area contributed by atoms with E-state index < -0.39 is 0 Å². The summed E-state index contributed by atoms with van der Waals surface area (Å²) in [6, 6.07) is 0.493. The molecular weight excluding hydrogens is 164 g/mol. The normalized spacial score (nSPS) is 26.3. The lowest BCUT2D eigenvalue weighted by atomic mass is 9.98. The number of rotatable bonds is 4. The van der Waals surface area contributed by atoms with Gasteiger partial charge in [-0.2, -0.15) is 0 Å². The monoisotopic (exact) mass is 186 g/mol. The Kier molecular flexibility index (Phi) is 4.70. The van der Waals surface area contributed by atoms with Crippen LogP contribution in [0.4, 0.5) is 0 Å². The maximum Gasteiger partial charge on any atom is 0.0852 e. The van der Waals surface area contributed by atoms with Gasteiger partial charge in [0.15, 0.2) is 0 Å². The first-order valence-electron chi connectivity index (χ1n) is 5.23. The van der Waals surface area contributed by atoms with E-state index in [0.29, 0.717) is 12.1 Å². The summed E-state index contributed by atoms with van der Waals surface area (Å²) in [4.78, 5) is 0. The van der Waals surface area contributed by atoms with Gasteiger partial charge in [-0.1, -0.05) is 13.8 Å². The number of morpholine rings is 1. The van der Waals surface area contributed by atoms with Crippen molar-refractivity contribution in [3.05, 3.63) is 0 Å². The quantitative estimate of drug-likeness (QED) is 0.675. The van der Waals surface area contributed by atoms with Gasteiger partial charge < -0.3 is 15.4 Å². The molecular formula is C10H22N2O. The first kappa shape index (κ1) is 11.0. The van der Waals surface area contributed by atoms with Gasteiger partial charge in [0, 0.05) is 19.1 Å². The first-order valence-corrected chi connectivity index (χ1v) is 5.23. The molecule has 1 saturated heterocycles. The molecule has 1 aliphatic heterocycles. The van der Waals surface area contributed by atoms with Gasteiger partial charge in [-0.05, 0) is 19.4 Å². The Labute approximate surface area is 81.2 Å². The van der Waals surface area contributed by atoms with Crippen LogP contribution in [0.15, 0.2) is 0 Å². The average Bonchev–Trinajstić information content (AvgIpc) is 2.15. The maximum atomic E-state index is 5.71. The van der Waals surface area contributed by atoms with Crippen molar-refractivity contribution >= 4 is 0 Å². The number of ether oxygens (including phenoxy) is 1. The number of hydrogen-bond acceptors (Lipinski definition) is 3. The van der Waals surface area contributed by atoms with Crippen molar-refractivity contribution in [2.24, 2.45) is 5.92 Å². The summed E-state index contributed by atoms with van der Waals surface area (Å²) in [6.07, 6.45) is 1.53. The van der Waals surface area contributed by atoms with Crippen LogP contribution in [0.1, 0.15) is 20.3 Å². The fourth-order valence-electron chi connectivity index (χ4n) is 1.81. The van der Waals surface area contributed by atoms with E-state index in [1.165, 1.54) is 6.42 Å². The molecule has 1 fully saturated rings. The van der Waals surface area contributed by atoms with Crippen LogP contribution in [0, 0.1) is 5.92 Å². The van der Waals surface area contributed by atoms with Crippen LogP contribution in [0.25, 0.3) is 0 Å². The molecule has 0 aromatic heterocycles. The van der Waals surface area contributed by atoms with Crippen molar-refractivity contribution in [1.29, 1.82) is 0 Å². The van der Waals surface area contributed by atoms with Gasteiger partial charge in [0.1, 0.15) is 0 Å². The van der Waals surface area contributed by atoms with E-state index in [1.54, 1.807) is 0 Å². The highest BCUT2D eigenvalue weighted by Crippen LogP contribution is 2.11. The van der Waals surface area contributed by atoms with E-state index in [4.69, 9.17) is 4.74 Å². The Hall–Kier alpha value is -0.120. The molecule has 2 unspecified atom stereocenters. The van der Waals surface area contributed by atoms with Crippen molar-refractivity contribution in [3.63, 3.8) is 0 Å². The molecule has 1 heterocycles. The fourth-order valence-corrected chi connectivity index (χ4v) is 1.81. The highest BCUT2D eigenvalue weighted by Gasteiger charge is 2.23. The molecule has 2 N–H and O–H groups in total. The Balaban J connectivity index is 2.34. The summed E-state index contributed by atoms with van der Waals surface area (Å²) < 4.78 is 5.71. The molecule has 13 heavy (non-hydrogen) atoms. The summed E-state index contributed by atoms with van der Waals surface area (Å²) in [5.41, 5.74) is 0. The zero-order valence-electron chi connectivity index (χ0n) is 8.97. The van der Waals surface area contributed by atoms with Crippen LogP contribution in [-0.4, -0.2) is 38.9 Å². The standard InChI is InChI=1S/C10H22N2O/c1-8(2)6-9(11-3)10-7-12-4-5-13-10/h8-12H,4-7H2,1-3H3. The van der Waals surface area contributed by atoms with Crippen LogP contribution >= 0.6 is 0 Å². The minimum Gasteiger partial charge on any atom is -0.374 e. The zero-order chi connectivity index (χ0) is 9.68. The third-order valence-electron chi connectivity index (χ3n) is 2.50. The molecule has 78 valence electrons. The van der Waals surface area contributed by atoms with Crippen molar-refractivity contribution in [1.82, 2.24) is 10.6 Å². The first-order chi connectivity index (χ1) is 6.24. The van der Waals surface area contributed by atoms with Crippen LogP contribution in [-0.2, 0) is 4.74 Å². The number of hydrogen-bond donors (Lipinski definition) is 2. The Morgan fingerprint density at radius 2 is 2.31 bits per heavy atom. The Morgan fingerprint density at radius 3 is 2.77 bits per heavy atom. The third-order valence-corrected chi connectivity index (χ3v) is 2.50. The molecule has 0 radical (unpaired) electrons. The molecule has 1 aliphatic rings. The summed E-state index contributed by atoms with van der Waals surface area (Å²) >= 11 is 0. The lowest BCUT2D eigenvalue weighted by Gasteiger charge is -2.31. The molecule has 0 aromatic rings. The molecule has 0 amide bonds. The van der Waals surface area contributed by atoms with Crippen LogP contribution in [0.3, 0.4) is 0 Å². The van der Waals surface area contributed by atoms with Crippen LogP contribution < -0.4 is 10.6 Å². The largest absolute Gasteiger partial charge is 0.374 e. The van der Waals surface area contributed by atoms with Crippen molar-refractivity contribution in [3.8, 4) is 0 Å². The SMILES string of the molecule is CNC(CC(C)C)C1CNCCO1. The van der Waals surface area contributed by atoms with Crippen molar-refractivity contribution < 1.29 is 4.74 Å². The topological polar surface area (TPSA) is 33.3 Å². The average molecular weight is 186 g/mol. The van der Waals surface area contributed by atoms with Gasteiger partial charge in [0.2, 0.25) is 0 Å². The van der Waals surface area contributed by atoms with E-state index in [-0.39, 0.29) is 0 Å². The predicted octanol–water partition coefficient (Wildman–Crippen LogP) is 0.609. The van der Waals surface area contributed by atoms with Gasteiger partial charge in [0.05, 0.1) is 12.7 Å². The van der Waals surface area contributed by atoms with Gasteiger partial charge in [-0.15, -0.1) is 0 Å².